The quantitative estimate of drug-likeness (QED) is 0.734. The zero-order valence-electron chi connectivity index (χ0n) is 14.8. The van der Waals surface area contributed by atoms with Crippen molar-refractivity contribution in [2.45, 2.75) is 19.4 Å². The summed E-state index contributed by atoms with van der Waals surface area (Å²) in [5.74, 6) is 0. The highest BCUT2D eigenvalue weighted by Crippen LogP contribution is 2.30. The molecule has 1 amide bonds. The Bertz CT molecular complexity index is 952. The number of benzene rings is 2. The molecule has 0 aliphatic carbocycles. The fraction of sp³-hybridized carbons (Fsp3) is 0.238. The van der Waals surface area contributed by atoms with E-state index in [1.54, 1.807) is 0 Å². The van der Waals surface area contributed by atoms with E-state index in [0.717, 1.165) is 22.5 Å². The molecule has 1 aromatic heterocycles. The molecule has 5 nitrogen and oxygen atoms in total. The van der Waals surface area contributed by atoms with E-state index < -0.39 is 6.09 Å². The topological polar surface area (TPSA) is 58.4 Å². The summed E-state index contributed by atoms with van der Waals surface area (Å²) in [4.78, 5) is 12.9. The number of fused-ring (bicyclic) bond motifs is 1. The van der Waals surface area contributed by atoms with Gasteiger partial charge in [-0.05, 0) is 24.1 Å². The summed E-state index contributed by atoms with van der Waals surface area (Å²) in [6.45, 7) is 1.65. The van der Waals surface area contributed by atoms with Crippen LogP contribution in [0.1, 0.15) is 16.8 Å². The number of carbonyl (C=O) groups is 1. The molecule has 1 aliphatic rings. The predicted octanol–water partition coefficient (Wildman–Crippen LogP) is 4.33. The number of hydrogen-bond donors (Lipinski definition) is 1. The second-order valence-corrected chi connectivity index (χ2v) is 7.13. The molecule has 2 heterocycles. The van der Waals surface area contributed by atoms with Crippen LogP contribution in [0.4, 0.5) is 4.79 Å². The molecule has 0 saturated carbocycles. The molecule has 6 heteroatoms. The highest BCUT2D eigenvalue weighted by molar-refractivity contribution is 6.30. The Morgan fingerprint density at radius 1 is 1.04 bits per heavy atom. The van der Waals surface area contributed by atoms with Crippen LogP contribution in [0.15, 0.2) is 54.6 Å². The van der Waals surface area contributed by atoms with Crippen LogP contribution in [-0.2, 0) is 19.4 Å². The van der Waals surface area contributed by atoms with Gasteiger partial charge in [0.2, 0.25) is 0 Å². The van der Waals surface area contributed by atoms with E-state index in [1.807, 2.05) is 47.1 Å². The van der Waals surface area contributed by atoms with Crippen molar-refractivity contribution < 1.29 is 9.90 Å². The Kier molecular flexibility index (Phi) is 4.86. The summed E-state index contributed by atoms with van der Waals surface area (Å²) in [7, 11) is 0. The number of rotatable bonds is 3. The van der Waals surface area contributed by atoms with Crippen molar-refractivity contribution in [1.82, 2.24) is 14.7 Å². The van der Waals surface area contributed by atoms with E-state index >= 15 is 0 Å². The van der Waals surface area contributed by atoms with Gasteiger partial charge in [0.05, 0.1) is 12.2 Å². The van der Waals surface area contributed by atoms with Crippen LogP contribution in [0, 0.1) is 0 Å². The summed E-state index contributed by atoms with van der Waals surface area (Å²) in [5.41, 5.74) is 5.35. The molecule has 1 N–H and O–H groups in total. The van der Waals surface area contributed by atoms with Crippen molar-refractivity contribution in [2.75, 3.05) is 13.1 Å². The zero-order chi connectivity index (χ0) is 18.8. The third kappa shape index (κ3) is 3.69. The zero-order valence-corrected chi connectivity index (χ0v) is 15.6. The molecular weight excluding hydrogens is 362 g/mol. The van der Waals surface area contributed by atoms with E-state index in [4.69, 9.17) is 16.7 Å². The first kappa shape index (κ1) is 17.6. The summed E-state index contributed by atoms with van der Waals surface area (Å²) in [6.07, 6.45) is 0.458. The van der Waals surface area contributed by atoms with E-state index in [0.29, 0.717) is 37.5 Å². The first-order valence-electron chi connectivity index (χ1n) is 8.98. The smallest absolute Gasteiger partial charge is 0.407 e. The van der Waals surface area contributed by atoms with Crippen LogP contribution in [0.5, 0.6) is 0 Å². The van der Waals surface area contributed by atoms with Crippen LogP contribution < -0.4 is 0 Å². The Labute approximate surface area is 162 Å². The second-order valence-electron chi connectivity index (χ2n) is 6.69. The van der Waals surface area contributed by atoms with Gasteiger partial charge in [0, 0.05) is 41.4 Å². The van der Waals surface area contributed by atoms with Gasteiger partial charge < -0.3 is 10.0 Å². The molecule has 0 radical (unpaired) electrons. The van der Waals surface area contributed by atoms with Gasteiger partial charge in [0.1, 0.15) is 0 Å². The number of aromatic nitrogens is 2. The summed E-state index contributed by atoms with van der Waals surface area (Å²) >= 11 is 6.04. The largest absolute Gasteiger partial charge is 0.465 e. The Morgan fingerprint density at radius 2 is 1.74 bits per heavy atom. The lowest BCUT2D eigenvalue weighted by atomic mass is 10.0. The van der Waals surface area contributed by atoms with Crippen molar-refractivity contribution in [3.63, 3.8) is 0 Å². The van der Waals surface area contributed by atoms with Gasteiger partial charge in [-0.1, -0.05) is 54.1 Å². The van der Waals surface area contributed by atoms with Crippen molar-refractivity contribution in [3.05, 3.63) is 76.4 Å². The molecule has 2 aromatic carbocycles. The minimum absolute atomic E-state index is 0.486. The van der Waals surface area contributed by atoms with Gasteiger partial charge in [-0.25, -0.2) is 4.79 Å². The molecule has 27 heavy (non-hydrogen) atoms. The highest BCUT2D eigenvalue weighted by Gasteiger charge is 2.25. The van der Waals surface area contributed by atoms with E-state index in [-0.39, 0.29) is 0 Å². The molecule has 3 aromatic rings. The molecule has 1 aliphatic heterocycles. The maximum absolute atomic E-state index is 11.4. The van der Waals surface area contributed by atoms with E-state index in [1.165, 1.54) is 10.5 Å². The van der Waals surface area contributed by atoms with Crippen LogP contribution >= 0.6 is 11.6 Å². The first-order valence-corrected chi connectivity index (χ1v) is 9.36. The average Bonchev–Trinajstić information content (AvgIpc) is 2.86. The van der Waals surface area contributed by atoms with Gasteiger partial charge >= 0.3 is 6.09 Å². The van der Waals surface area contributed by atoms with Crippen LogP contribution in [0.25, 0.3) is 11.3 Å². The fourth-order valence-electron chi connectivity index (χ4n) is 3.59. The summed E-state index contributed by atoms with van der Waals surface area (Å²) in [5, 5.41) is 15.0. The molecule has 0 atom stereocenters. The minimum Gasteiger partial charge on any atom is -0.465 e. The molecule has 0 bridgehead atoms. The lowest BCUT2D eigenvalue weighted by Crippen LogP contribution is -2.32. The van der Waals surface area contributed by atoms with Crippen LogP contribution in [0.2, 0.25) is 5.02 Å². The van der Waals surface area contributed by atoms with E-state index in [9.17, 15) is 9.90 Å². The standard InChI is InChI=1S/C21H20ClN3O2/c22-17-8-6-16(7-9-17)20-18-10-12-24(21(26)27)13-11-19(18)25(23-20)14-15-4-2-1-3-5-15/h1-9H,10-14H2,(H,26,27). The average molecular weight is 382 g/mol. The van der Waals surface area contributed by atoms with Crippen LogP contribution in [0.3, 0.4) is 0 Å². The minimum atomic E-state index is -0.865. The molecule has 0 saturated heterocycles. The Hall–Kier alpha value is -2.79. The number of nitrogens with zero attached hydrogens (tertiary/aromatic N) is 3. The van der Waals surface area contributed by atoms with Crippen molar-refractivity contribution in [2.24, 2.45) is 0 Å². The van der Waals surface area contributed by atoms with Crippen molar-refractivity contribution in [3.8, 4) is 11.3 Å². The number of carboxylic acid groups (broad SMARTS) is 1. The van der Waals surface area contributed by atoms with Gasteiger partial charge in [0.15, 0.2) is 0 Å². The number of hydrogen-bond acceptors (Lipinski definition) is 2. The third-order valence-electron chi connectivity index (χ3n) is 4.98. The third-order valence-corrected chi connectivity index (χ3v) is 5.23. The van der Waals surface area contributed by atoms with Gasteiger partial charge in [-0.15, -0.1) is 0 Å². The molecular formula is C21H20ClN3O2. The molecule has 0 unspecified atom stereocenters. The molecule has 0 spiro atoms. The number of halogens is 1. The fourth-order valence-corrected chi connectivity index (χ4v) is 3.72. The summed E-state index contributed by atoms with van der Waals surface area (Å²) in [6, 6.07) is 17.9. The normalized spacial score (nSPS) is 13.9. The Balaban J connectivity index is 1.76. The van der Waals surface area contributed by atoms with E-state index in [2.05, 4.69) is 12.1 Å². The predicted molar refractivity (Wildman–Crippen MR) is 105 cm³/mol. The lowest BCUT2D eigenvalue weighted by molar-refractivity contribution is 0.147. The van der Waals surface area contributed by atoms with Gasteiger partial charge in [-0.2, -0.15) is 5.10 Å². The maximum atomic E-state index is 11.4. The first-order chi connectivity index (χ1) is 13.1. The molecule has 138 valence electrons. The van der Waals surface area contributed by atoms with Crippen molar-refractivity contribution >= 4 is 17.7 Å². The second kappa shape index (κ2) is 7.45. The number of amides is 1. The highest BCUT2D eigenvalue weighted by atomic mass is 35.5. The van der Waals surface area contributed by atoms with Crippen LogP contribution in [-0.4, -0.2) is 39.0 Å². The Morgan fingerprint density at radius 3 is 2.44 bits per heavy atom. The lowest BCUT2D eigenvalue weighted by Gasteiger charge is -2.16. The SMILES string of the molecule is O=C(O)N1CCc2c(-c3ccc(Cl)cc3)nn(Cc3ccccc3)c2CC1. The molecule has 4 rings (SSSR count). The van der Waals surface area contributed by atoms with Gasteiger partial charge in [0.25, 0.3) is 0 Å². The van der Waals surface area contributed by atoms with Crippen molar-refractivity contribution in [1.29, 1.82) is 0 Å². The summed E-state index contributed by atoms with van der Waals surface area (Å²) < 4.78 is 2.03. The monoisotopic (exact) mass is 381 g/mol. The maximum Gasteiger partial charge on any atom is 0.407 e. The van der Waals surface area contributed by atoms with Gasteiger partial charge in [-0.3, -0.25) is 4.68 Å². The molecule has 0 fully saturated rings.